The van der Waals surface area contributed by atoms with Crippen molar-refractivity contribution in [3.8, 4) is 29.4 Å². The van der Waals surface area contributed by atoms with Crippen LogP contribution in [0.3, 0.4) is 0 Å². The summed E-state index contributed by atoms with van der Waals surface area (Å²) in [6.45, 7) is 5.31. The number of anilines is 1. The van der Waals surface area contributed by atoms with Gasteiger partial charge in [-0.1, -0.05) is 18.4 Å². The predicted molar refractivity (Wildman–Crippen MR) is 195 cm³/mol. The van der Waals surface area contributed by atoms with Gasteiger partial charge in [0.2, 0.25) is 6.35 Å². The highest BCUT2D eigenvalue weighted by molar-refractivity contribution is 7.98. The minimum atomic E-state index is -1.17. The van der Waals surface area contributed by atoms with Crippen LogP contribution in [0.25, 0.3) is 22.0 Å². The number of rotatable bonds is 6. The zero-order chi connectivity index (χ0) is 35.3. The maximum absolute atomic E-state index is 17.1. The number of aromatic hydroxyl groups is 1. The van der Waals surface area contributed by atoms with Crippen LogP contribution in [0.2, 0.25) is 0 Å². The highest BCUT2D eigenvalue weighted by Crippen LogP contribution is 2.49. The predicted octanol–water partition coefficient (Wildman–Crippen LogP) is 5.41. The summed E-state index contributed by atoms with van der Waals surface area (Å²) in [5.41, 5.74) is -0.717. The number of aliphatic hydroxyl groups is 1. The van der Waals surface area contributed by atoms with Gasteiger partial charge in [0.15, 0.2) is 5.82 Å². The fourth-order valence-corrected chi connectivity index (χ4v) is 9.50. The summed E-state index contributed by atoms with van der Waals surface area (Å²) in [6.07, 6.45) is 13.8. The molecule has 5 heterocycles. The average Bonchev–Trinajstić information content (AvgIpc) is 3.75. The number of pyridine rings is 1. The summed E-state index contributed by atoms with van der Waals surface area (Å²) < 4.78 is 48.8. The van der Waals surface area contributed by atoms with Gasteiger partial charge in [-0.25, -0.2) is 18.2 Å². The van der Waals surface area contributed by atoms with Crippen LogP contribution in [0.15, 0.2) is 39.9 Å². The van der Waals surface area contributed by atoms with E-state index in [0.717, 1.165) is 50.9 Å². The Balaban J connectivity index is 1.16. The van der Waals surface area contributed by atoms with Gasteiger partial charge in [-0.2, -0.15) is 0 Å². The van der Waals surface area contributed by atoms with Crippen LogP contribution in [0.1, 0.15) is 50.2 Å². The Bertz CT molecular complexity index is 1950. The summed E-state index contributed by atoms with van der Waals surface area (Å²) in [4.78, 5) is 14.0. The Morgan fingerprint density at radius 2 is 2.06 bits per heavy atom. The smallest absolute Gasteiger partial charge is 0.227 e. The molecule has 2 saturated heterocycles. The first-order valence-corrected chi connectivity index (χ1v) is 18.6. The first-order chi connectivity index (χ1) is 24.6. The van der Waals surface area contributed by atoms with Crippen LogP contribution in [0.5, 0.6) is 5.75 Å². The zero-order valence-electron chi connectivity index (χ0n) is 28.6. The number of ether oxygens (including phenoxy) is 2. The zero-order valence-corrected chi connectivity index (χ0v) is 29.4. The summed E-state index contributed by atoms with van der Waals surface area (Å²) in [7, 11) is 0. The molecule has 1 aromatic heterocycles. The molecule has 0 bridgehead atoms. The quantitative estimate of drug-likeness (QED) is 0.228. The molecule has 3 fully saturated rings. The van der Waals surface area contributed by atoms with Crippen molar-refractivity contribution in [2.24, 2.45) is 20.7 Å². The molecule has 0 amide bonds. The number of aliphatic imine (C=N–C) groups is 1. The standard InChI is InChI=1S/C38H42F2N6O4S/c1-3-26-29(39)8-7-24-14-25(47)15-27(31(24)26)33-32(40)34-28(17-41-33)35(46-12-13-49-21-37(2,48)20-46)44-36(43-34)50-22-38-9-4-6-30(38)45(11-5-10-38)18-23-16-42-51-19-23/h1,7-8,14-17,23,30,36,43,47-48H,4-6,9-13,18-22H2,2H3/t23?,30-,36?,37+,38-/m1/s1. The van der Waals surface area contributed by atoms with Crippen molar-refractivity contribution in [3.63, 3.8) is 0 Å². The molecule has 10 nitrogen and oxygen atoms in total. The van der Waals surface area contributed by atoms with Gasteiger partial charge in [-0.3, -0.25) is 9.88 Å². The van der Waals surface area contributed by atoms with E-state index in [1.54, 1.807) is 18.9 Å². The van der Waals surface area contributed by atoms with Crippen molar-refractivity contribution < 1.29 is 28.5 Å². The third kappa shape index (κ3) is 6.46. The van der Waals surface area contributed by atoms with E-state index in [-0.39, 0.29) is 52.2 Å². The second-order valence-electron chi connectivity index (χ2n) is 14.8. The molecule has 2 unspecified atom stereocenters. The number of piperidine rings is 1. The number of phenolic OH excluding ortho intramolecular Hbond substituents is 1. The number of amidine groups is 1. The molecular weight excluding hydrogens is 675 g/mol. The lowest BCUT2D eigenvalue weighted by Crippen LogP contribution is -2.53. The lowest BCUT2D eigenvalue weighted by atomic mass is 9.75. The van der Waals surface area contributed by atoms with E-state index < -0.39 is 23.6 Å². The summed E-state index contributed by atoms with van der Waals surface area (Å²) >= 11 is 1.63. The van der Waals surface area contributed by atoms with E-state index >= 15 is 4.39 Å². The Morgan fingerprint density at radius 1 is 1.20 bits per heavy atom. The van der Waals surface area contributed by atoms with Crippen molar-refractivity contribution in [1.82, 2.24) is 14.8 Å². The Hall–Kier alpha value is -3.80. The SMILES string of the molecule is C#Cc1c(F)ccc2cc(O)cc(-c3ncc4c(c3F)NC(OC[C@]35CCC[C@H]3N(CC3C=NSC3)CCC5)N=C4N3CCOC[C@@](C)(O)C3)c12. The van der Waals surface area contributed by atoms with Crippen molar-refractivity contribution >= 4 is 40.5 Å². The molecule has 4 aliphatic heterocycles. The minimum absolute atomic E-state index is 0.0446. The van der Waals surface area contributed by atoms with Gasteiger partial charge >= 0.3 is 0 Å². The number of hydrogen-bond acceptors (Lipinski definition) is 11. The summed E-state index contributed by atoms with van der Waals surface area (Å²) in [5.74, 6) is 2.80. The van der Waals surface area contributed by atoms with Crippen molar-refractivity contribution in [2.45, 2.75) is 57.0 Å². The number of benzene rings is 2. The molecule has 51 heavy (non-hydrogen) atoms. The number of halogens is 2. The van der Waals surface area contributed by atoms with Crippen LogP contribution in [-0.2, 0) is 9.47 Å². The lowest BCUT2D eigenvalue weighted by molar-refractivity contribution is -0.0547. The maximum Gasteiger partial charge on any atom is 0.227 e. The van der Waals surface area contributed by atoms with E-state index in [4.69, 9.17) is 20.9 Å². The van der Waals surface area contributed by atoms with Gasteiger partial charge in [0.1, 0.15) is 28.7 Å². The van der Waals surface area contributed by atoms with Gasteiger partial charge in [0.05, 0.1) is 43.2 Å². The van der Waals surface area contributed by atoms with Gasteiger partial charge in [0, 0.05) is 59.6 Å². The van der Waals surface area contributed by atoms with Crippen LogP contribution < -0.4 is 5.32 Å². The van der Waals surface area contributed by atoms with E-state index in [1.807, 2.05) is 4.90 Å². The number of terminal acetylenes is 1. The third-order valence-electron chi connectivity index (χ3n) is 11.0. The lowest BCUT2D eigenvalue weighted by Gasteiger charge is -2.47. The summed E-state index contributed by atoms with van der Waals surface area (Å²) in [5, 5.41) is 25.6. The Morgan fingerprint density at radius 3 is 2.88 bits per heavy atom. The first kappa shape index (κ1) is 34.3. The molecule has 1 saturated carbocycles. The van der Waals surface area contributed by atoms with Crippen LogP contribution in [-0.4, -0.2) is 107 Å². The number of nitrogens with one attached hydrogen (secondary N) is 1. The number of hydrogen-bond donors (Lipinski definition) is 3. The molecule has 268 valence electrons. The molecule has 8 rings (SSSR count). The van der Waals surface area contributed by atoms with E-state index in [0.29, 0.717) is 48.5 Å². The van der Waals surface area contributed by atoms with Gasteiger partial charge in [-0.15, -0.1) is 6.42 Å². The van der Waals surface area contributed by atoms with Crippen molar-refractivity contribution in [2.75, 3.05) is 57.1 Å². The molecular formula is C38H42F2N6O4S. The van der Waals surface area contributed by atoms with Crippen molar-refractivity contribution in [3.05, 3.63) is 53.2 Å². The molecule has 0 radical (unpaired) electrons. The second kappa shape index (κ2) is 13.6. The number of aromatic nitrogens is 1. The average molecular weight is 717 g/mol. The highest BCUT2D eigenvalue weighted by Gasteiger charge is 2.49. The van der Waals surface area contributed by atoms with Crippen LogP contribution in [0, 0.1) is 35.3 Å². The highest BCUT2D eigenvalue weighted by atomic mass is 32.2. The van der Waals surface area contributed by atoms with E-state index in [2.05, 4.69) is 31.7 Å². The first-order valence-electron chi connectivity index (χ1n) is 17.7. The molecule has 2 aromatic carbocycles. The van der Waals surface area contributed by atoms with Gasteiger partial charge in [0.25, 0.3) is 0 Å². The minimum Gasteiger partial charge on any atom is -0.508 e. The molecule has 0 spiro atoms. The van der Waals surface area contributed by atoms with Crippen LogP contribution >= 0.6 is 11.9 Å². The molecule has 5 aliphatic rings. The fourth-order valence-electron chi connectivity index (χ4n) is 8.78. The number of likely N-dealkylation sites (tertiary alicyclic amines) is 1. The van der Waals surface area contributed by atoms with Gasteiger partial charge < -0.3 is 29.9 Å². The topological polar surface area (TPSA) is 115 Å². The molecule has 5 atom stereocenters. The third-order valence-corrected chi connectivity index (χ3v) is 11.9. The normalized spacial score (nSPS) is 29.3. The van der Waals surface area contributed by atoms with E-state index in [1.165, 1.54) is 30.5 Å². The summed E-state index contributed by atoms with van der Waals surface area (Å²) in [6, 6.07) is 5.91. The number of fused-ring (bicyclic) bond motifs is 3. The molecule has 13 heteroatoms. The fraction of sp³-hybridized carbons (Fsp3) is 0.500. The Labute approximate surface area is 300 Å². The molecule has 3 aromatic rings. The number of β-amino-alcohol motifs (C(OH)–C–C–N with tert-alkyl or cyclic N) is 1. The molecule has 1 aliphatic carbocycles. The molecule has 3 N–H and O–H groups in total. The largest absolute Gasteiger partial charge is 0.508 e. The maximum atomic E-state index is 17.1. The Kier molecular flexibility index (Phi) is 9.17. The monoisotopic (exact) mass is 716 g/mol. The number of phenols is 1. The number of nitrogens with zero attached hydrogens (tertiary/aromatic N) is 5. The van der Waals surface area contributed by atoms with Crippen molar-refractivity contribution in [1.29, 1.82) is 0 Å². The second-order valence-corrected chi connectivity index (χ2v) is 15.6. The van der Waals surface area contributed by atoms with Gasteiger partial charge in [-0.05, 0) is 74.7 Å². The van der Waals surface area contributed by atoms with E-state index in [9.17, 15) is 14.6 Å². The van der Waals surface area contributed by atoms with Crippen LogP contribution in [0.4, 0.5) is 14.5 Å².